The Labute approximate surface area is 126 Å². The Morgan fingerprint density at radius 3 is 2.82 bits per heavy atom. The van der Waals surface area contributed by atoms with Gasteiger partial charge in [0, 0.05) is 11.3 Å². The van der Waals surface area contributed by atoms with Crippen LogP contribution in [0, 0.1) is 0 Å². The number of amides is 1. The molecule has 22 heavy (non-hydrogen) atoms. The van der Waals surface area contributed by atoms with Crippen molar-refractivity contribution in [1.29, 1.82) is 0 Å². The lowest BCUT2D eigenvalue weighted by atomic mass is 10.1. The minimum absolute atomic E-state index is 0.265. The number of ether oxygens (including phenoxy) is 1. The molecule has 3 rings (SSSR count). The molecule has 0 aliphatic carbocycles. The Kier molecular flexibility index (Phi) is 3.57. The van der Waals surface area contributed by atoms with Crippen LogP contribution < -0.4 is 5.32 Å². The van der Waals surface area contributed by atoms with Crippen LogP contribution in [0.25, 0.3) is 11.0 Å². The molecule has 2 aromatic carbocycles. The van der Waals surface area contributed by atoms with Gasteiger partial charge in [0.05, 0.1) is 30.0 Å². The molecule has 0 spiro atoms. The second kappa shape index (κ2) is 5.69. The molecule has 3 aromatic rings. The van der Waals surface area contributed by atoms with Gasteiger partial charge in [0.2, 0.25) is 0 Å². The first-order valence-electron chi connectivity index (χ1n) is 6.60. The molecule has 0 unspecified atom stereocenters. The molecule has 1 heterocycles. The van der Waals surface area contributed by atoms with Crippen LogP contribution in [0.2, 0.25) is 0 Å². The lowest BCUT2D eigenvalue weighted by Crippen LogP contribution is -2.12. The first kappa shape index (κ1) is 13.8. The van der Waals surface area contributed by atoms with E-state index >= 15 is 0 Å². The molecule has 6 heteroatoms. The van der Waals surface area contributed by atoms with Gasteiger partial charge < -0.3 is 15.0 Å². The number of rotatable bonds is 3. The number of hydrogen-bond donors (Lipinski definition) is 2. The van der Waals surface area contributed by atoms with Gasteiger partial charge in [0.1, 0.15) is 0 Å². The molecule has 110 valence electrons. The van der Waals surface area contributed by atoms with Crippen molar-refractivity contribution in [1.82, 2.24) is 9.97 Å². The van der Waals surface area contributed by atoms with E-state index in [-0.39, 0.29) is 5.91 Å². The standard InChI is InChI=1S/C16H13N3O3/c1-22-16(21)11-3-2-4-12(7-11)19-15(20)10-5-6-13-14(8-10)18-9-17-13/h2-9H,1H3,(H,17,18)(H,19,20). The summed E-state index contributed by atoms with van der Waals surface area (Å²) in [5.41, 5.74) is 2.99. The number of aromatic amines is 1. The number of esters is 1. The summed E-state index contributed by atoms with van der Waals surface area (Å²) >= 11 is 0. The third-order valence-corrected chi connectivity index (χ3v) is 3.22. The fourth-order valence-electron chi connectivity index (χ4n) is 2.12. The van der Waals surface area contributed by atoms with Gasteiger partial charge in [-0.25, -0.2) is 9.78 Å². The van der Waals surface area contributed by atoms with Gasteiger partial charge in [-0.05, 0) is 36.4 Å². The van der Waals surface area contributed by atoms with Gasteiger partial charge >= 0.3 is 5.97 Å². The second-order valence-electron chi connectivity index (χ2n) is 4.66. The number of carbonyl (C=O) groups excluding carboxylic acids is 2. The number of anilines is 1. The van der Waals surface area contributed by atoms with E-state index in [1.807, 2.05) is 0 Å². The molecule has 0 aliphatic rings. The molecule has 0 radical (unpaired) electrons. The normalized spacial score (nSPS) is 10.4. The molecule has 0 aliphatic heterocycles. The third-order valence-electron chi connectivity index (χ3n) is 3.22. The van der Waals surface area contributed by atoms with Gasteiger partial charge in [-0.1, -0.05) is 6.07 Å². The lowest BCUT2D eigenvalue weighted by molar-refractivity contribution is 0.0600. The molecule has 0 bridgehead atoms. The Morgan fingerprint density at radius 2 is 2.00 bits per heavy atom. The highest BCUT2D eigenvalue weighted by molar-refractivity contribution is 6.06. The zero-order chi connectivity index (χ0) is 15.5. The highest BCUT2D eigenvalue weighted by Gasteiger charge is 2.10. The van der Waals surface area contributed by atoms with Crippen LogP contribution in [-0.2, 0) is 4.74 Å². The Balaban J connectivity index is 1.83. The SMILES string of the molecule is COC(=O)c1cccc(NC(=O)c2ccc3nc[nH]c3c2)c1. The molecule has 2 N–H and O–H groups in total. The molecule has 0 saturated carbocycles. The van der Waals surface area contributed by atoms with Crippen molar-refractivity contribution >= 4 is 28.6 Å². The Morgan fingerprint density at radius 1 is 1.14 bits per heavy atom. The van der Waals surface area contributed by atoms with E-state index in [9.17, 15) is 9.59 Å². The highest BCUT2D eigenvalue weighted by atomic mass is 16.5. The number of nitrogens with one attached hydrogen (secondary N) is 2. The minimum Gasteiger partial charge on any atom is -0.465 e. The third kappa shape index (κ3) is 2.67. The monoisotopic (exact) mass is 295 g/mol. The van der Waals surface area contributed by atoms with Crippen LogP contribution in [0.3, 0.4) is 0 Å². The number of H-pyrrole nitrogens is 1. The van der Waals surface area contributed by atoms with E-state index in [1.54, 1.807) is 48.8 Å². The summed E-state index contributed by atoms with van der Waals surface area (Å²) in [7, 11) is 1.31. The summed E-state index contributed by atoms with van der Waals surface area (Å²) in [5.74, 6) is -0.714. The quantitative estimate of drug-likeness (QED) is 0.727. The van der Waals surface area contributed by atoms with Gasteiger partial charge in [0.25, 0.3) is 5.91 Å². The molecule has 0 fully saturated rings. The molecule has 1 amide bonds. The van der Waals surface area contributed by atoms with Crippen molar-refractivity contribution in [3.05, 3.63) is 59.9 Å². The summed E-state index contributed by atoms with van der Waals surface area (Å²) < 4.78 is 4.66. The van der Waals surface area contributed by atoms with Crippen LogP contribution in [0.15, 0.2) is 48.8 Å². The zero-order valence-electron chi connectivity index (χ0n) is 11.8. The number of fused-ring (bicyclic) bond motifs is 1. The number of aromatic nitrogens is 2. The first-order chi connectivity index (χ1) is 10.7. The van der Waals surface area contributed by atoms with E-state index in [0.29, 0.717) is 16.8 Å². The minimum atomic E-state index is -0.449. The molecular weight excluding hydrogens is 282 g/mol. The van der Waals surface area contributed by atoms with Crippen LogP contribution in [0.4, 0.5) is 5.69 Å². The number of methoxy groups -OCH3 is 1. The van der Waals surface area contributed by atoms with E-state index < -0.39 is 5.97 Å². The van der Waals surface area contributed by atoms with Gasteiger partial charge in [-0.2, -0.15) is 0 Å². The van der Waals surface area contributed by atoms with Crippen LogP contribution in [-0.4, -0.2) is 29.0 Å². The average molecular weight is 295 g/mol. The zero-order valence-corrected chi connectivity index (χ0v) is 11.8. The number of imidazole rings is 1. The molecule has 6 nitrogen and oxygen atoms in total. The molecule has 0 atom stereocenters. The maximum Gasteiger partial charge on any atom is 0.337 e. The first-order valence-corrected chi connectivity index (χ1v) is 6.60. The van der Waals surface area contributed by atoms with Gasteiger partial charge in [-0.3, -0.25) is 4.79 Å². The van der Waals surface area contributed by atoms with E-state index in [0.717, 1.165) is 11.0 Å². The number of nitrogens with zero attached hydrogens (tertiary/aromatic N) is 1. The van der Waals surface area contributed by atoms with Crippen LogP contribution in [0.5, 0.6) is 0 Å². The lowest BCUT2D eigenvalue weighted by Gasteiger charge is -2.07. The average Bonchev–Trinajstić information content (AvgIpc) is 3.01. The highest BCUT2D eigenvalue weighted by Crippen LogP contribution is 2.15. The predicted molar refractivity (Wildman–Crippen MR) is 81.8 cm³/mol. The predicted octanol–water partition coefficient (Wildman–Crippen LogP) is 2.60. The molecule has 1 aromatic heterocycles. The largest absolute Gasteiger partial charge is 0.465 e. The second-order valence-corrected chi connectivity index (χ2v) is 4.66. The van der Waals surface area contributed by atoms with E-state index in [1.165, 1.54) is 7.11 Å². The van der Waals surface area contributed by atoms with Crippen LogP contribution in [0.1, 0.15) is 20.7 Å². The molecular formula is C16H13N3O3. The molecule has 0 saturated heterocycles. The Hall–Kier alpha value is -3.15. The van der Waals surface area contributed by atoms with Crippen molar-refractivity contribution in [3.63, 3.8) is 0 Å². The number of hydrogen-bond acceptors (Lipinski definition) is 4. The van der Waals surface area contributed by atoms with Crippen molar-refractivity contribution < 1.29 is 14.3 Å². The van der Waals surface area contributed by atoms with Crippen molar-refractivity contribution in [3.8, 4) is 0 Å². The van der Waals surface area contributed by atoms with Crippen LogP contribution >= 0.6 is 0 Å². The number of carbonyl (C=O) groups is 2. The Bertz CT molecular complexity index is 854. The maximum atomic E-state index is 12.3. The van der Waals surface area contributed by atoms with Gasteiger partial charge in [0.15, 0.2) is 0 Å². The van der Waals surface area contributed by atoms with Gasteiger partial charge in [-0.15, -0.1) is 0 Å². The van der Waals surface area contributed by atoms with Crippen molar-refractivity contribution in [2.24, 2.45) is 0 Å². The van der Waals surface area contributed by atoms with E-state index in [4.69, 9.17) is 0 Å². The number of benzene rings is 2. The fraction of sp³-hybridized carbons (Fsp3) is 0.0625. The summed E-state index contributed by atoms with van der Waals surface area (Å²) in [4.78, 5) is 30.8. The van der Waals surface area contributed by atoms with E-state index in [2.05, 4.69) is 20.0 Å². The summed E-state index contributed by atoms with van der Waals surface area (Å²) in [6, 6.07) is 11.8. The smallest absolute Gasteiger partial charge is 0.337 e. The van der Waals surface area contributed by atoms with Crippen molar-refractivity contribution in [2.75, 3.05) is 12.4 Å². The topological polar surface area (TPSA) is 84.1 Å². The van der Waals surface area contributed by atoms with Crippen molar-refractivity contribution in [2.45, 2.75) is 0 Å². The summed E-state index contributed by atoms with van der Waals surface area (Å²) in [6.45, 7) is 0. The summed E-state index contributed by atoms with van der Waals surface area (Å²) in [6.07, 6.45) is 1.58. The maximum absolute atomic E-state index is 12.3. The summed E-state index contributed by atoms with van der Waals surface area (Å²) in [5, 5.41) is 2.75. The fourth-order valence-corrected chi connectivity index (χ4v) is 2.12.